The third-order valence-electron chi connectivity index (χ3n) is 3.96. The molecule has 0 aliphatic rings. The van der Waals surface area contributed by atoms with Crippen molar-refractivity contribution < 1.29 is 8.42 Å². The molecule has 0 amide bonds. The van der Waals surface area contributed by atoms with Gasteiger partial charge in [-0.3, -0.25) is 4.72 Å². The maximum Gasteiger partial charge on any atom is 0.272 e. The van der Waals surface area contributed by atoms with Crippen molar-refractivity contribution in [3.8, 4) is 5.82 Å². The molecule has 3 heterocycles. The minimum Gasteiger partial charge on any atom is -0.263 e. The number of nitrogens with one attached hydrogen (secondary N) is 1. The van der Waals surface area contributed by atoms with Gasteiger partial charge in [0.1, 0.15) is 10.0 Å². The van der Waals surface area contributed by atoms with Gasteiger partial charge in [-0.1, -0.05) is 24.3 Å². The van der Waals surface area contributed by atoms with Crippen LogP contribution in [-0.2, 0) is 10.0 Å². The summed E-state index contributed by atoms with van der Waals surface area (Å²) in [5, 5.41) is 7.21. The van der Waals surface area contributed by atoms with Gasteiger partial charge in [0.05, 0.1) is 11.2 Å². The second kappa shape index (κ2) is 6.22. The summed E-state index contributed by atoms with van der Waals surface area (Å²) in [6.07, 6.45) is 0. The van der Waals surface area contributed by atoms with Gasteiger partial charge in [-0.05, 0) is 43.0 Å². The maximum atomic E-state index is 12.6. The Kier molecular flexibility index (Phi) is 4.01. The molecule has 26 heavy (non-hydrogen) atoms. The molecule has 4 rings (SSSR count). The number of sulfonamides is 1. The number of nitrogens with zero attached hydrogens (tertiary/aromatic N) is 3. The number of hydrogen-bond acceptors (Lipinski definition) is 5. The number of hydrogen-bond donors (Lipinski definition) is 1. The van der Waals surface area contributed by atoms with Crippen LogP contribution in [-0.4, -0.2) is 23.2 Å². The highest BCUT2D eigenvalue weighted by molar-refractivity contribution is 7.94. The largest absolute Gasteiger partial charge is 0.272 e. The first-order valence-electron chi connectivity index (χ1n) is 7.94. The molecule has 4 aromatic rings. The van der Waals surface area contributed by atoms with Crippen molar-refractivity contribution in [1.82, 2.24) is 14.8 Å². The van der Waals surface area contributed by atoms with Crippen molar-refractivity contribution in [2.75, 3.05) is 4.72 Å². The molecule has 0 aliphatic heterocycles. The third kappa shape index (κ3) is 2.97. The van der Waals surface area contributed by atoms with Crippen LogP contribution in [0.5, 0.6) is 0 Å². The maximum absolute atomic E-state index is 12.6. The van der Waals surface area contributed by atoms with Gasteiger partial charge in [-0.25, -0.2) is 13.4 Å². The zero-order valence-corrected chi connectivity index (χ0v) is 15.8. The minimum absolute atomic E-state index is 0.255. The number of thiophene rings is 1. The van der Waals surface area contributed by atoms with Gasteiger partial charge in [0, 0.05) is 11.5 Å². The summed E-state index contributed by atoms with van der Waals surface area (Å²) in [6.45, 7) is 3.81. The Morgan fingerprint density at radius 2 is 1.88 bits per heavy atom. The number of benzene rings is 1. The fraction of sp³-hybridized carbons (Fsp3) is 0.111. The molecule has 0 bridgehead atoms. The lowest BCUT2D eigenvalue weighted by Crippen LogP contribution is -2.15. The number of pyridine rings is 1. The van der Waals surface area contributed by atoms with E-state index in [1.165, 1.54) is 16.0 Å². The van der Waals surface area contributed by atoms with E-state index in [9.17, 15) is 8.42 Å². The summed E-state index contributed by atoms with van der Waals surface area (Å²) in [7, 11) is -3.66. The van der Waals surface area contributed by atoms with Crippen LogP contribution in [0.1, 0.15) is 11.3 Å². The molecule has 1 aromatic carbocycles. The zero-order chi connectivity index (χ0) is 18.3. The number of rotatable bonds is 4. The molecule has 1 N–H and O–H groups in total. The van der Waals surface area contributed by atoms with E-state index in [0.29, 0.717) is 17.3 Å². The summed E-state index contributed by atoms with van der Waals surface area (Å²) in [5.41, 5.74) is 2.58. The lowest BCUT2D eigenvalue weighted by Gasteiger charge is -2.11. The quantitative estimate of drug-likeness (QED) is 0.579. The summed E-state index contributed by atoms with van der Waals surface area (Å²) in [5.74, 6) is 0.927. The monoisotopic (exact) mass is 384 g/mol. The van der Waals surface area contributed by atoms with Crippen LogP contribution in [0.4, 0.5) is 5.82 Å². The van der Waals surface area contributed by atoms with E-state index >= 15 is 0 Å². The van der Waals surface area contributed by atoms with Crippen LogP contribution in [0, 0.1) is 13.8 Å². The highest BCUT2D eigenvalue weighted by atomic mass is 32.2. The van der Waals surface area contributed by atoms with Crippen molar-refractivity contribution >= 4 is 38.1 Å². The van der Waals surface area contributed by atoms with Gasteiger partial charge < -0.3 is 0 Å². The Balaban J connectivity index is 1.82. The average Bonchev–Trinajstić information content (AvgIpc) is 3.25. The van der Waals surface area contributed by atoms with Crippen LogP contribution in [0.3, 0.4) is 0 Å². The van der Waals surface area contributed by atoms with Crippen LogP contribution in [0.15, 0.2) is 58.1 Å². The average molecular weight is 384 g/mol. The highest BCUT2D eigenvalue weighted by Crippen LogP contribution is 2.25. The van der Waals surface area contributed by atoms with E-state index in [4.69, 9.17) is 0 Å². The first-order valence-corrected chi connectivity index (χ1v) is 10.3. The molecule has 132 valence electrons. The Morgan fingerprint density at radius 1 is 1.08 bits per heavy atom. The van der Waals surface area contributed by atoms with E-state index in [1.54, 1.807) is 23.6 Å². The number of anilines is 1. The van der Waals surface area contributed by atoms with Crippen molar-refractivity contribution in [3.05, 3.63) is 65.2 Å². The SMILES string of the molecule is Cc1cc(NS(=O)(=O)c2cccs2)n(-c2cc(C)c3ccccc3n2)n1. The molecule has 0 saturated heterocycles. The fourth-order valence-corrected chi connectivity index (χ4v) is 4.82. The van der Waals surface area contributed by atoms with Crippen molar-refractivity contribution in [2.24, 2.45) is 0 Å². The number of fused-ring (bicyclic) bond motifs is 1. The Bertz CT molecular complexity index is 1200. The zero-order valence-electron chi connectivity index (χ0n) is 14.2. The Labute approximate surface area is 155 Å². The molecule has 8 heteroatoms. The smallest absolute Gasteiger partial charge is 0.263 e. The van der Waals surface area contributed by atoms with Gasteiger partial charge in [-0.2, -0.15) is 9.78 Å². The molecular weight excluding hydrogens is 368 g/mol. The second-order valence-electron chi connectivity index (χ2n) is 5.93. The lowest BCUT2D eigenvalue weighted by atomic mass is 10.1. The van der Waals surface area contributed by atoms with Crippen molar-refractivity contribution in [1.29, 1.82) is 0 Å². The van der Waals surface area contributed by atoms with Crippen molar-refractivity contribution in [3.63, 3.8) is 0 Å². The van der Waals surface area contributed by atoms with E-state index in [0.717, 1.165) is 16.5 Å². The lowest BCUT2D eigenvalue weighted by molar-refractivity contribution is 0.602. The molecule has 6 nitrogen and oxygen atoms in total. The van der Waals surface area contributed by atoms with Gasteiger partial charge in [-0.15, -0.1) is 11.3 Å². The number of aromatic nitrogens is 3. The van der Waals surface area contributed by atoms with Crippen molar-refractivity contribution in [2.45, 2.75) is 18.1 Å². The third-order valence-corrected chi connectivity index (χ3v) is 6.71. The Hall–Kier alpha value is -2.71. The van der Waals surface area contributed by atoms with Gasteiger partial charge in [0.15, 0.2) is 5.82 Å². The molecule has 0 radical (unpaired) electrons. The minimum atomic E-state index is -3.66. The summed E-state index contributed by atoms with van der Waals surface area (Å²) in [6, 6.07) is 14.7. The van der Waals surface area contributed by atoms with E-state index < -0.39 is 10.0 Å². The van der Waals surface area contributed by atoms with Gasteiger partial charge >= 0.3 is 0 Å². The second-order valence-corrected chi connectivity index (χ2v) is 8.79. The molecule has 3 aromatic heterocycles. The summed E-state index contributed by atoms with van der Waals surface area (Å²) >= 11 is 1.17. The normalized spacial score (nSPS) is 11.8. The standard InChI is InChI=1S/C18H16N4O2S2/c1-12-10-16(19-15-7-4-3-6-14(12)15)22-17(11-13(2)20-22)21-26(23,24)18-8-5-9-25-18/h3-11,21H,1-2H3. The van der Waals surface area contributed by atoms with Crippen LogP contribution < -0.4 is 4.72 Å². The fourth-order valence-electron chi connectivity index (χ4n) is 2.79. The van der Waals surface area contributed by atoms with E-state index in [1.807, 2.05) is 44.2 Å². The predicted octanol–water partition coefficient (Wildman–Crippen LogP) is 3.90. The molecule has 0 saturated carbocycles. The number of aryl methyl sites for hydroxylation is 2. The van der Waals surface area contributed by atoms with E-state index in [2.05, 4.69) is 14.8 Å². The molecule has 0 atom stereocenters. The summed E-state index contributed by atoms with van der Waals surface area (Å²) < 4.78 is 29.5. The molecular formula is C18H16N4O2S2. The Morgan fingerprint density at radius 3 is 2.65 bits per heavy atom. The predicted molar refractivity (Wildman–Crippen MR) is 103 cm³/mol. The van der Waals surface area contributed by atoms with Gasteiger partial charge in [0.2, 0.25) is 0 Å². The van der Waals surface area contributed by atoms with E-state index in [-0.39, 0.29) is 4.21 Å². The molecule has 0 aliphatic carbocycles. The highest BCUT2D eigenvalue weighted by Gasteiger charge is 2.19. The first-order chi connectivity index (χ1) is 12.4. The molecule has 0 spiro atoms. The van der Waals surface area contributed by atoms with Gasteiger partial charge in [0.25, 0.3) is 10.0 Å². The molecule has 0 fully saturated rings. The summed E-state index contributed by atoms with van der Waals surface area (Å²) in [4.78, 5) is 4.64. The molecule has 0 unspecified atom stereocenters. The van der Waals surface area contributed by atoms with Crippen LogP contribution in [0.25, 0.3) is 16.7 Å². The first kappa shape index (κ1) is 16.7. The topological polar surface area (TPSA) is 76.9 Å². The number of para-hydroxylation sites is 1. The van der Waals surface area contributed by atoms with Crippen LogP contribution in [0.2, 0.25) is 0 Å². The van der Waals surface area contributed by atoms with Crippen LogP contribution >= 0.6 is 11.3 Å².